The summed E-state index contributed by atoms with van der Waals surface area (Å²) in [6.07, 6.45) is -2.67. The van der Waals surface area contributed by atoms with E-state index >= 15 is 0 Å². The maximum atomic E-state index is 12.9. The summed E-state index contributed by atoms with van der Waals surface area (Å²) in [6.45, 7) is 3.47. The number of nitrogens with one attached hydrogen (secondary N) is 1. The van der Waals surface area contributed by atoms with Crippen molar-refractivity contribution in [2.75, 3.05) is 38.2 Å². The number of morpholine rings is 1. The van der Waals surface area contributed by atoms with Crippen molar-refractivity contribution >= 4 is 22.5 Å². The number of benzene rings is 2. The molecule has 6 nitrogen and oxygen atoms in total. The molecular formula is C23H22F3N3O3. The highest BCUT2D eigenvalue weighted by Gasteiger charge is 2.30. The van der Waals surface area contributed by atoms with Gasteiger partial charge in [0.05, 0.1) is 24.5 Å². The van der Waals surface area contributed by atoms with Gasteiger partial charge in [-0.2, -0.15) is 13.2 Å². The van der Waals surface area contributed by atoms with E-state index in [2.05, 4.69) is 15.2 Å². The Morgan fingerprint density at radius 2 is 1.81 bits per heavy atom. The van der Waals surface area contributed by atoms with Crippen LogP contribution in [0.5, 0.6) is 5.75 Å². The first-order chi connectivity index (χ1) is 15.3. The Kier molecular flexibility index (Phi) is 6.29. The fraction of sp³-hybridized carbons (Fsp3) is 0.304. The van der Waals surface area contributed by atoms with Crippen molar-refractivity contribution in [1.29, 1.82) is 0 Å². The van der Waals surface area contributed by atoms with Crippen molar-refractivity contribution in [3.63, 3.8) is 0 Å². The number of phenols is 1. The van der Waals surface area contributed by atoms with Crippen LogP contribution in [0.3, 0.4) is 0 Å². The van der Waals surface area contributed by atoms with E-state index < -0.39 is 11.7 Å². The third kappa shape index (κ3) is 4.84. The SMILES string of the molecule is O=C(CCN1CCOCC1)Nc1ccc2c(-c3ccc(C(F)(F)F)cc3)ccnc2c1O. The van der Waals surface area contributed by atoms with Crippen LogP contribution >= 0.6 is 0 Å². The second kappa shape index (κ2) is 9.13. The maximum absolute atomic E-state index is 12.9. The van der Waals surface area contributed by atoms with Gasteiger partial charge in [-0.05, 0) is 41.5 Å². The number of aromatic nitrogens is 1. The smallest absolute Gasteiger partial charge is 0.416 e. The van der Waals surface area contributed by atoms with Gasteiger partial charge in [0.2, 0.25) is 5.91 Å². The Morgan fingerprint density at radius 1 is 1.09 bits per heavy atom. The van der Waals surface area contributed by atoms with Gasteiger partial charge >= 0.3 is 6.18 Å². The Morgan fingerprint density at radius 3 is 2.50 bits per heavy atom. The number of anilines is 1. The van der Waals surface area contributed by atoms with Crippen LogP contribution < -0.4 is 5.32 Å². The monoisotopic (exact) mass is 445 g/mol. The fourth-order valence-corrected chi connectivity index (χ4v) is 3.69. The van der Waals surface area contributed by atoms with Crippen LogP contribution in [-0.2, 0) is 15.7 Å². The molecule has 1 fully saturated rings. The number of ether oxygens (including phenoxy) is 1. The lowest BCUT2D eigenvalue weighted by Gasteiger charge is -2.26. The number of nitrogens with zero attached hydrogens (tertiary/aromatic N) is 2. The predicted molar refractivity (Wildman–Crippen MR) is 114 cm³/mol. The number of fused-ring (bicyclic) bond motifs is 1. The summed E-state index contributed by atoms with van der Waals surface area (Å²) in [7, 11) is 0. The second-order valence-corrected chi connectivity index (χ2v) is 7.54. The lowest BCUT2D eigenvalue weighted by molar-refractivity contribution is -0.137. The Hall–Kier alpha value is -3.17. The minimum atomic E-state index is -4.41. The second-order valence-electron chi connectivity index (χ2n) is 7.54. The first-order valence-corrected chi connectivity index (χ1v) is 10.2. The summed E-state index contributed by atoms with van der Waals surface area (Å²) >= 11 is 0. The quantitative estimate of drug-likeness (QED) is 0.574. The Labute approximate surface area is 182 Å². The number of pyridine rings is 1. The minimum absolute atomic E-state index is 0.184. The molecule has 1 amide bonds. The van der Waals surface area contributed by atoms with Crippen LogP contribution in [0, 0.1) is 0 Å². The van der Waals surface area contributed by atoms with Gasteiger partial charge in [-0.25, -0.2) is 0 Å². The molecule has 0 radical (unpaired) electrons. The van der Waals surface area contributed by atoms with Crippen molar-refractivity contribution in [2.24, 2.45) is 0 Å². The zero-order valence-corrected chi connectivity index (χ0v) is 17.2. The topological polar surface area (TPSA) is 74.7 Å². The third-order valence-electron chi connectivity index (χ3n) is 5.44. The standard InChI is InChI=1S/C23H22F3N3O3/c24-23(25,26)16-3-1-15(2-4-16)17-7-9-27-21-18(17)5-6-19(22(21)31)28-20(30)8-10-29-11-13-32-14-12-29/h1-7,9,31H,8,10-14H2,(H,28,30). The summed E-state index contributed by atoms with van der Waals surface area (Å²) < 4.78 is 43.8. The van der Waals surface area contributed by atoms with E-state index in [1.54, 1.807) is 18.2 Å². The van der Waals surface area contributed by atoms with E-state index in [1.165, 1.54) is 18.3 Å². The van der Waals surface area contributed by atoms with Crippen LogP contribution in [0.4, 0.5) is 18.9 Å². The molecule has 0 saturated carbocycles. The van der Waals surface area contributed by atoms with Crippen LogP contribution in [0.1, 0.15) is 12.0 Å². The first kappa shape index (κ1) is 22.0. The zero-order valence-electron chi connectivity index (χ0n) is 17.2. The number of alkyl halides is 3. The van der Waals surface area contributed by atoms with Crippen molar-refractivity contribution in [1.82, 2.24) is 9.88 Å². The number of rotatable bonds is 5. The molecule has 0 spiro atoms. The molecule has 0 atom stereocenters. The van der Waals surface area contributed by atoms with Gasteiger partial charge in [0.15, 0.2) is 5.75 Å². The highest BCUT2D eigenvalue weighted by atomic mass is 19.4. The number of aromatic hydroxyl groups is 1. The number of hydrogen-bond acceptors (Lipinski definition) is 5. The van der Waals surface area contributed by atoms with E-state index in [9.17, 15) is 23.1 Å². The molecule has 2 aromatic carbocycles. The number of phenolic OH excluding ortho intramolecular Hbond substituents is 1. The molecule has 2 heterocycles. The summed E-state index contributed by atoms with van der Waals surface area (Å²) in [5.74, 6) is -0.416. The molecule has 3 aromatic rings. The van der Waals surface area contributed by atoms with Crippen LogP contribution in [-0.4, -0.2) is 53.7 Å². The highest BCUT2D eigenvalue weighted by Crippen LogP contribution is 2.37. The van der Waals surface area contributed by atoms with Gasteiger partial charge in [0.1, 0.15) is 5.52 Å². The fourth-order valence-electron chi connectivity index (χ4n) is 3.69. The van der Waals surface area contributed by atoms with Gasteiger partial charge in [0, 0.05) is 37.6 Å². The summed E-state index contributed by atoms with van der Waals surface area (Å²) in [5, 5.41) is 14.0. The van der Waals surface area contributed by atoms with Crippen LogP contribution in [0.25, 0.3) is 22.0 Å². The average molecular weight is 445 g/mol. The molecule has 1 saturated heterocycles. The molecule has 0 bridgehead atoms. The van der Waals surface area contributed by atoms with Gasteiger partial charge < -0.3 is 15.2 Å². The first-order valence-electron chi connectivity index (χ1n) is 10.2. The van der Waals surface area contributed by atoms with Crippen molar-refractivity contribution in [2.45, 2.75) is 12.6 Å². The summed E-state index contributed by atoms with van der Waals surface area (Å²) in [4.78, 5) is 18.7. The molecule has 2 N–H and O–H groups in total. The molecule has 0 unspecified atom stereocenters. The molecular weight excluding hydrogens is 423 g/mol. The van der Waals surface area contributed by atoms with E-state index in [0.717, 1.165) is 25.2 Å². The lowest BCUT2D eigenvalue weighted by Crippen LogP contribution is -2.38. The van der Waals surface area contributed by atoms with E-state index in [-0.39, 0.29) is 29.3 Å². The molecule has 1 aliphatic rings. The van der Waals surface area contributed by atoms with Crippen LogP contribution in [0.15, 0.2) is 48.7 Å². The van der Waals surface area contributed by atoms with Gasteiger partial charge in [-0.1, -0.05) is 12.1 Å². The van der Waals surface area contributed by atoms with Crippen LogP contribution in [0.2, 0.25) is 0 Å². The molecule has 168 valence electrons. The number of carbonyl (C=O) groups is 1. The molecule has 32 heavy (non-hydrogen) atoms. The predicted octanol–water partition coefficient (Wildman–Crippen LogP) is 4.29. The van der Waals surface area contributed by atoms with Gasteiger partial charge in [-0.15, -0.1) is 0 Å². The van der Waals surface area contributed by atoms with Crippen molar-refractivity contribution in [3.05, 3.63) is 54.2 Å². The lowest BCUT2D eigenvalue weighted by atomic mass is 9.99. The highest BCUT2D eigenvalue weighted by molar-refractivity contribution is 6.02. The molecule has 1 aromatic heterocycles. The average Bonchev–Trinajstić information content (AvgIpc) is 2.79. The third-order valence-corrected chi connectivity index (χ3v) is 5.44. The Balaban J connectivity index is 1.53. The van der Waals surface area contributed by atoms with Gasteiger partial charge in [0.25, 0.3) is 0 Å². The number of carbonyl (C=O) groups excluding carboxylic acids is 1. The molecule has 0 aliphatic carbocycles. The zero-order chi connectivity index (χ0) is 22.7. The molecule has 1 aliphatic heterocycles. The molecule has 9 heteroatoms. The number of amides is 1. The summed E-state index contributed by atoms with van der Waals surface area (Å²) in [5.41, 5.74) is 0.954. The van der Waals surface area contributed by atoms with Crippen molar-refractivity contribution < 1.29 is 27.8 Å². The minimum Gasteiger partial charge on any atom is -0.504 e. The van der Waals surface area contributed by atoms with Gasteiger partial charge in [-0.3, -0.25) is 14.7 Å². The molecule has 4 rings (SSSR count). The Bertz CT molecular complexity index is 1110. The van der Waals surface area contributed by atoms with E-state index in [4.69, 9.17) is 4.74 Å². The normalized spacial score (nSPS) is 15.1. The largest absolute Gasteiger partial charge is 0.504 e. The maximum Gasteiger partial charge on any atom is 0.416 e. The summed E-state index contributed by atoms with van der Waals surface area (Å²) in [6, 6.07) is 9.73. The number of halogens is 3. The van der Waals surface area contributed by atoms with E-state index in [1.807, 2.05) is 0 Å². The van der Waals surface area contributed by atoms with E-state index in [0.29, 0.717) is 36.3 Å². The van der Waals surface area contributed by atoms with Crippen molar-refractivity contribution in [3.8, 4) is 16.9 Å². The number of hydrogen-bond donors (Lipinski definition) is 2.